The Morgan fingerprint density at radius 3 is 2.06 bits per heavy atom. The van der Waals surface area contributed by atoms with Gasteiger partial charge in [0.2, 0.25) is 0 Å². The van der Waals surface area contributed by atoms with E-state index in [9.17, 15) is 5.11 Å². The van der Waals surface area contributed by atoms with Crippen LogP contribution in [-0.4, -0.2) is 71.4 Å². The molecule has 0 fully saturated rings. The molecule has 8 nitrogen and oxygen atoms in total. The van der Waals surface area contributed by atoms with Crippen LogP contribution in [0.15, 0.2) is 54.7 Å². The lowest BCUT2D eigenvalue weighted by Gasteiger charge is -2.16. The van der Waals surface area contributed by atoms with Crippen molar-refractivity contribution in [3.8, 4) is 28.5 Å². The Morgan fingerprint density at radius 2 is 1.49 bits per heavy atom. The molecule has 0 aliphatic heterocycles. The largest absolute Gasteiger partial charge is 0.493 e. The van der Waals surface area contributed by atoms with Crippen LogP contribution in [0.4, 0.5) is 0 Å². The SMILES string of the molecule is CCCCN(C)Cc1cn[nH]c1-c1ccc(OCCOc2ccc(OCCC(O)CO)cc2)cc1. The highest BCUT2D eigenvalue weighted by atomic mass is 16.5. The summed E-state index contributed by atoms with van der Waals surface area (Å²) in [6, 6.07) is 15.3. The van der Waals surface area contributed by atoms with Gasteiger partial charge in [-0.1, -0.05) is 13.3 Å². The number of hydrogen-bond donors (Lipinski definition) is 3. The number of hydrogen-bond acceptors (Lipinski definition) is 7. The molecule has 1 aromatic heterocycles. The van der Waals surface area contributed by atoms with Crippen molar-refractivity contribution < 1.29 is 24.4 Å². The summed E-state index contributed by atoms with van der Waals surface area (Å²) in [4.78, 5) is 2.32. The van der Waals surface area contributed by atoms with Gasteiger partial charge in [0.1, 0.15) is 30.5 Å². The van der Waals surface area contributed by atoms with Gasteiger partial charge < -0.3 is 29.3 Å². The number of rotatable bonds is 16. The zero-order valence-corrected chi connectivity index (χ0v) is 20.7. The summed E-state index contributed by atoms with van der Waals surface area (Å²) in [6.45, 7) is 5.06. The molecule has 3 aromatic rings. The second kappa shape index (κ2) is 14.4. The van der Waals surface area contributed by atoms with Gasteiger partial charge in [0, 0.05) is 24.1 Å². The molecule has 0 spiro atoms. The average Bonchev–Trinajstić information content (AvgIpc) is 3.34. The van der Waals surface area contributed by atoms with E-state index in [-0.39, 0.29) is 6.61 Å². The molecule has 0 amide bonds. The Kier molecular flexibility index (Phi) is 10.9. The van der Waals surface area contributed by atoms with E-state index in [0.29, 0.717) is 32.0 Å². The molecule has 0 aliphatic rings. The maximum absolute atomic E-state index is 9.34. The Bertz CT molecular complexity index is 975. The number of aromatic nitrogens is 2. The Labute approximate surface area is 207 Å². The minimum Gasteiger partial charge on any atom is -0.493 e. The Hall–Kier alpha value is -3.07. The monoisotopic (exact) mass is 483 g/mol. The van der Waals surface area contributed by atoms with E-state index in [1.54, 1.807) is 0 Å². The maximum atomic E-state index is 9.34. The lowest BCUT2D eigenvalue weighted by atomic mass is 10.1. The molecule has 35 heavy (non-hydrogen) atoms. The summed E-state index contributed by atoms with van der Waals surface area (Å²) >= 11 is 0. The number of aliphatic hydroxyl groups excluding tert-OH is 2. The summed E-state index contributed by atoms with van der Waals surface area (Å²) in [6.07, 6.45) is 3.91. The van der Waals surface area contributed by atoms with Crippen molar-refractivity contribution in [1.29, 1.82) is 0 Å². The van der Waals surface area contributed by atoms with Gasteiger partial charge in [-0.25, -0.2) is 0 Å². The lowest BCUT2D eigenvalue weighted by molar-refractivity contribution is 0.0754. The molecule has 1 heterocycles. The van der Waals surface area contributed by atoms with Crippen LogP contribution < -0.4 is 14.2 Å². The first kappa shape index (κ1) is 26.5. The number of nitrogens with one attached hydrogen (secondary N) is 1. The number of H-pyrrole nitrogens is 1. The normalized spacial score (nSPS) is 12.0. The highest BCUT2D eigenvalue weighted by molar-refractivity contribution is 5.63. The number of aliphatic hydroxyl groups is 2. The van der Waals surface area contributed by atoms with Gasteiger partial charge in [-0.2, -0.15) is 5.10 Å². The fourth-order valence-electron chi connectivity index (χ4n) is 3.55. The van der Waals surface area contributed by atoms with Crippen molar-refractivity contribution in [3.63, 3.8) is 0 Å². The highest BCUT2D eigenvalue weighted by Gasteiger charge is 2.10. The zero-order valence-electron chi connectivity index (χ0n) is 20.7. The molecule has 1 atom stereocenters. The molecular weight excluding hydrogens is 446 g/mol. The molecule has 0 saturated heterocycles. The average molecular weight is 484 g/mol. The predicted octanol–water partition coefficient (Wildman–Crippen LogP) is 3.89. The van der Waals surface area contributed by atoms with E-state index >= 15 is 0 Å². The van der Waals surface area contributed by atoms with E-state index in [1.165, 1.54) is 18.4 Å². The van der Waals surface area contributed by atoms with Crippen LogP contribution in [0.25, 0.3) is 11.3 Å². The van der Waals surface area contributed by atoms with E-state index in [4.69, 9.17) is 19.3 Å². The van der Waals surface area contributed by atoms with Crippen molar-refractivity contribution in [3.05, 3.63) is 60.3 Å². The Morgan fingerprint density at radius 1 is 0.914 bits per heavy atom. The van der Waals surface area contributed by atoms with Crippen LogP contribution in [0, 0.1) is 0 Å². The van der Waals surface area contributed by atoms with Crippen LogP contribution in [-0.2, 0) is 6.54 Å². The molecule has 0 saturated carbocycles. The van der Waals surface area contributed by atoms with Gasteiger partial charge in [-0.15, -0.1) is 0 Å². The summed E-state index contributed by atoms with van der Waals surface area (Å²) in [5.41, 5.74) is 3.31. The molecule has 0 aliphatic carbocycles. The first-order valence-corrected chi connectivity index (χ1v) is 12.2. The second-order valence-corrected chi connectivity index (χ2v) is 8.53. The standard InChI is InChI=1S/C27H37N3O5/c1-3-4-14-30(2)19-22-18-28-29-27(22)21-5-7-24(8-6-21)34-16-17-35-26-11-9-25(10-12-26)33-15-13-23(32)20-31/h5-12,18,23,31-32H,3-4,13-17,19-20H2,1-2H3,(H,28,29). The van der Waals surface area contributed by atoms with Crippen molar-refractivity contribution >= 4 is 0 Å². The van der Waals surface area contributed by atoms with Gasteiger partial charge >= 0.3 is 0 Å². The fourth-order valence-corrected chi connectivity index (χ4v) is 3.55. The lowest BCUT2D eigenvalue weighted by Crippen LogP contribution is -2.19. The van der Waals surface area contributed by atoms with Gasteiger partial charge in [-0.3, -0.25) is 5.10 Å². The molecular formula is C27H37N3O5. The molecule has 8 heteroatoms. The van der Waals surface area contributed by atoms with Crippen molar-refractivity contribution in [2.24, 2.45) is 0 Å². The summed E-state index contributed by atoms with van der Waals surface area (Å²) in [5, 5.41) is 25.5. The van der Waals surface area contributed by atoms with Crippen LogP contribution in [0.3, 0.4) is 0 Å². The molecule has 3 rings (SSSR count). The highest BCUT2D eigenvalue weighted by Crippen LogP contribution is 2.25. The molecule has 1 unspecified atom stereocenters. The van der Waals surface area contributed by atoms with Crippen molar-refractivity contribution in [2.75, 3.05) is 40.0 Å². The van der Waals surface area contributed by atoms with Crippen LogP contribution in [0.2, 0.25) is 0 Å². The fraction of sp³-hybridized carbons (Fsp3) is 0.444. The second-order valence-electron chi connectivity index (χ2n) is 8.53. The quantitative estimate of drug-likeness (QED) is 0.266. The summed E-state index contributed by atoms with van der Waals surface area (Å²) < 4.78 is 17.1. The van der Waals surface area contributed by atoms with E-state index in [0.717, 1.165) is 35.8 Å². The summed E-state index contributed by atoms with van der Waals surface area (Å²) in [7, 11) is 2.14. The smallest absolute Gasteiger partial charge is 0.122 e. The van der Waals surface area contributed by atoms with Gasteiger partial charge in [0.25, 0.3) is 0 Å². The summed E-state index contributed by atoms with van der Waals surface area (Å²) in [5.74, 6) is 2.20. The molecule has 190 valence electrons. The molecule has 0 radical (unpaired) electrons. The van der Waals surface area contributed by atoms with E-state index < -0.39 is 6.10 Å². The van der Waals surface area contributed by atoms with E-state index in [2.05, 4.69) is 29.1 Å². The molecule has 3 N–H and O–H groups in total. The van der Waals surface area contributed by atoms with Crippen molar-refractivity contribution in [2.45, 2.75) is 38.8 Å². The maximum Gasteiger partial charge on any atom is 0.122 e. The molecule has 0 bridgehead atoms. The molecule has 2 aromatic carbocycles. The third-order valence-electron chi connectivity index (χ3n) is 5.57. The number of unbranched alkanes of at least 4 members (excludes halogenated alkanes) is 1. The van der Waals surface area contributed by atoms with Gasteiger partial charge in [-0.05, 0) is 68.5 Å². The first-order chi connectivity index (χ1) is 17.1. The Balaban J connectivity index is 1.40. The number of benzene rings is 2. The third kappa shape index (κ3) is 8.90. The van der Waals surface area contributed by atoms with Gasteiger partial charge in [0.15, 0.2) is 0 Å². The zero-order chi connectivity index (χ0) is 24.9. The van der Waals surface area contributed by atoms with Crippen LogP contribution in [0.1, 0.15) is 31.7 Å². The van der Waals surface area contributed by atoms with E-state index in [1.807, 2.05) is 54.7 Å². The number of aromatic amines is 1. The van der Waals surface area contributed by atoms with Gasteiger partial charge in [0.05, 0.1) is 31.2 Å². The predicted molar refractivity (Wildman–Crippen MR) is 136 cm³/mol. The van der Waals surface area contributed by atoms with Crippen LogP contribution >= 0.6 is 0 Å². The minimum atomic E-state index is -0.751. The van der Waals surface area contributed by atoms with Crippen LogP contribution in [0.5, 0.6) is 17.2 Å². The number of ether oxygens (including phenoxy) is 3. The minimum absolute atomic E-state index is 0.259. The van der Waals surface area contributed by atoms with Crippen molar-refractivity contribution in [1.82, 2.24) is 15.1 Å². The number of nitrogens with zero attached hydrogens (tertiary/aromatic N) is 2. The third-order valence-corrected chi connectivity index (χ3v) is 5.57. The first-order valence-electron chi connectivity index (χ1n) is 12.2. The topological polar surface area (TPSA) is 100 Å².